The van der Waals surface area contributed by atoms with Crippen molar-refractivity contribution in [3.8, 4) is 5.69 Å². The highest BCUT2D eigenvalue weighted by Gasteiger charge is 2.15. The SMILES string of the molecule is COC(c1cccnc1)c1cccc(-n2cnc3cc(/C=N/O)ccc32)c1. The van der Waals surface area contributed by atoms with Crippen LogP contribution in [0, 0.1) is 0 Å². The van der Waals surface area contributed by atoms with Crippen molar-refractivity contribution >= 4 is 17.2 Å². The Morgan fingerprint density at radius 3 is 2.78 bits per heavy atom. The van der Waals surface area contributed by atoms with E-state index in [-0.39, 0.29) is 6.10 Å². The molecule has 1 unspecified atom stereocenters. The van der Waals surface area contributed by atoms with Crippen LogP contribution in [0.15, 0.2) is 78.5 Å². The Bertz CT molecular complexity index is 1090. The average molecular weight is 358 g/mol. The molecule has 0 saturated heterocycles. The molecule has 2 aromatic heterocycles. The van der Waals surface area contributed by atoms with Gasteiger partial charge in [-0.15, -0.1) is 0 Å². The van der Waals surface area contributed by atoms with Crippen LogP contribution in [0.5, 0.6) is 0 Å². The fourth-order valence-electron chi connectivity index (χ4n) is 3.22. The number of benzene rings is 2. The zero-order valence-electron chi connectivity index (χ0n) is 14.7. The second-order valence-electron chi connectivity index (χ2n) is 6.10. The van der Waals surface area contributed by atoms with E-state index in [2.05, 4.69) is 21.2 Å². The fraction of sp³-hybridized carbons (Fsp3) is 0.0952. The molecule has 1 atom stereocenters. The summed E-state index contributed by atoms with van der Waals surface area (Å²) in [5, 5.41) is 11.8. The first-order valence-corrected chi connectivity index (χ1v) is 8.48. The highest BCUT2D eigenvalue weighted by Crippen LogP contribution is 2.27. The zero-order chi connectivity index (χ0) is 18.6. The van der Waals surface area contributed by atoms with E-state index in [4.69, 9.17) is 9.94 Å². The Balaban J connectivity index is 1.75. The van der Waals surface area contributed by atoms with Crippen molar-refractivity contribution in [2.24, 2.45) is 5.16 Å². The van der Waals surface area contributed by atoms with Crippen molar-refractivity contribution in [1.82, 2.24) is 14.5 Å². The van der Waals surface area contributed by atoms with E-state index in [1.807, 2.05) is 59.3 Å². The van der Waals surface area contributed by atoms with Crippen molar-refractivity contribution in [1.29, 1.82) is 0 Å². The molecule has 4 aromatic rings. The van der Waals surface area contributed by atoms with Gasteiger partial charge in [-0.05, 0) is 41.5 Å². The molecule has 0 spiro atoms. The number of methoxy groups -OCH3 is 1. The topological polar surface area (TPSA) is 72.5 Å². The number of oxime groups is 1. The normalized spacial score (nSPS) is 12.6. The van der Waals surface area contributed by atoms with E-state index < -0.39 is 0 Å². The molecule has 0 saturated carbocycles. The smallest absolute Gasteiger partial charge is 0.109 e. The molecule has 0 bridgehead atoms. The molecule has 134 valence electrons. The Morgan fingerprint density at radius 2 is 2.00 bits per heavy atom. The van der Waals surface area contributed by atoms with Gasteiger partial charge in [0, 0.05) is 30.8 Å². The minimum absolute atomic E-state index is 0.194. The van der Waals surface area contributed by atoms with Gasteiger partial charge in [0.05, 0.1) is 17.2 Å². The summed E-state index contributed by atoms with van der Waals surface area (Å²) >= 11 is 0. The molecule has 1 N–H and O–H groups in total. The van der Waals surface area contributed by atoms with Gasteiger partial charge in [0.1, 0.15) is 12.4 Å². The lowest BCUT2D eigenvalue weighted by Crippen LogP contribution is -2.05. The first-order valence-electron chi connectivity index (χ1n) is 8.48. The molecule has 6 heteroatoms. The average Bonchev–Trinajstić information content (AvgIpc) is 3.13. The number of pyridine rings is 1. The minimum Gasteiger partial charge on any atom is -0.411 e. The predicted molar refractivity (Wildman–Crippen MR) is 104 cm³/mol. The number of imidazole rings is 1. The van der Waals surface area contributed by atoms with Crippen LogP contribution in [0.1, 0.15) is 22.8 Å². The highest BCUT2D eigenvalue weighted by atomic mass is 16.5. The monoisotopic (exact) mass is 358 g/mol. The molecule has 0 aliphatic carbocycles. The lowest BCUT2D eigenvalue weighted by Gasteiger charge is -2.17. The maximum Gasteiger partial charge on any atom is 0.109 e. The first kappa shape index (κ1) is 16.9. The van der Waals surface area contributed by atoms with E-state index in [0.29, 0.717) is 0 Å². The minimum atomic E-state index is -0.194. The van der Waals surface area contributed by atoms with Gasteiger partial charge in [0.15, 0.2) is 0 Å². The van der Waals surface area contributed by atoms with E-state index in [9.17, 15) is 0 Å². The molecule has 27 heavy (non-hydrogen) atoms. The summed E-state index contributed by atoms with van der Waals surface area (Å²) in [4.78, 5) is 8.66. The van der Waals surface area contributed by atoms with Crippen LogP contribution in [0.3, 0.4) is 0 Å². The maximum absolute atomic E-state index is 8.70. The van der Waals surface area contributed by atoms with E-state index >= 15 is 0 Å². The van der Waals surface area contributed by atoms with Gasteiger partial charge in [-0.2, -0.15) is 0 Å². The number of rotatable bonds is 5. The summed E-state index contributed by atoms with van der Waals surface area (Å²) in [5.74, 6) is 0. The Labute approximate surface area is 156 Å². The van der Waals surface area contributed by atoms with E-state index in [0.717, 1.165) is 33.4 Å². The molecule has 0 amide bonds. The highest BCUT2D eigenvalue weighted by molar-refractivity contribution is 5.87. The number of ether oxygens (including phenoxy) is 1. The molecule has 0 fully saturated rings. The van der Waals surface area contributed by atoms with Gasteiger partial charge in [-0.25, -0.2) is 4.98 Å². The summed E-state index contributed by atoms with van der Waals surface area (Å²) in [6.07, 6.45) is 6.55. The second-order valence-corrected chi connectivity index (χ2v) is 6.10. The zero-order valence-corrected chi connectivity index (χ0v) is 14.7. The molecular formula is C21H18N4O2. The molecule has 6 nitrogen and oxygen atoms in total. The molecule has 0 aliphatic rings. The predicted octanol–water partition coefficient (Wildman–Crippen LogP) is 3.96. The summed E-state index contributed by atoms with van der Waals surface area (Å²) < 4.78 is 7.74. The summed E-state index contributed by atoms with van der Waals surface area (Å²) in [6.45, 7) is 0. The Hall–Kier alpha value is -3.51. The molecule has 2 heterocycles. The third-order valence-electron chi connectivity index (χ3n) is 4.45. The lowest BCUT2D eigenvalue weighted by atomic mass is 10.0. The molecule has 2 aromatic carbocycles. The second kappa shape index (κ2) is 7.39. The summed E-state index contributed by atoms with van der Waals surface area (Å²) in [6, 6.07) is 17.8. The third kappa shape index (κ3) is 3.30. The lowest BCUT2D eigenvalue weighted by molar-refractivity contribution is 0.136. The van der Waals surface area contributed by atoms with Crippen molar-refractivity contribution in [3.63, 3.8) is 0 Å². The summed E-state index contributed by atoms with van der Waals surface area (Å²) in [5.41, 5.74) is 5.62. The largest absolute Gasteiger partial charge is 0.411 e. The number of fused-ring (bicyclic) bond motifs is 1. The fourth-order valence-corrected chi connectivity index (χ4v) is 3.22. The van der Waals surface area contributed by atoms with Crippen LogP contribution >= 0.6 is 0 Å². The van der Waals surface area contributed by atoms with Gasteiger partial charge < -0.3 is 9.94 Å². The van der Waals surface area contributed by atoms with Crippen molar-refractivity contribution in [2.75, 3.05) is 7.11 Å². The van der Waals surface area contributed by atoms with Crippen LogP contribution in [0.2, 0.25) is 0 Å². The van der Waals surface area contributed by atoms with Gasteiger partial charge in [-0.1, -0.05) is 29.4 Å². The van der Waals surface area contributed by atoms with Crippen molar-refractivity contribution < 1.29 is 9.94 Å². The van der Waals surface area contributed by atoms with Gasteiger partial charge in [-0.3, -0.25) is 9.55 Å². The number of aromatic nitrogens is 3. The van der Waals surface area contributed by atoms with E-state index in [1.54, 1.807) is 19.6 Å². The molecular weight excluding hydrogens is 340 g/mol. The van der Waals surface area contributed by atoms with Crippen LogP contribution in [0.4, 0.5) is 0 Å². The van der Waals surface area contributed by atoms with Gasteiger partial charge in [0.25, 0.3) is 0 Å². The standard InChI is InChI=1S/C21H18N4O2/c1-27-21(17-5-3-9-22-13-17)16-4-2-6-18(11-16)25-14-23-19-10-15(12-24-26)7-8-20(19)25/h2-14,21,26H,1H3/b24-12+. The van der Waals surface area contributed by atoms with Crippen LogP contribution < -0.4 is 0 Å². The number of hydrogen-bond acceptors (Lipinski definition) is 5. The van der Waals surface area contributed by atoms with Crippen LogP contribution in [-0.2, 0) is 4.74 Å². The molecule has 0 radical (unpaired) electrons. The molecule has 0 aliphatic heterocycles. The van der Waals surface area contributed by atoms with Crippen LogP contribution in [-0.4, -0.2) is 33.1 Å². The Morgan fingerprint density at radius 1 is 1.11 bits per heavy atom. The first-order chi connectivity index (χ1) is 13.3. The summed E-state index contributed by atoms with van der Waals surface area (Å²) in [7, 11) is 1.70. The quantitative estimate of drug-likeness (QED) is 0.333. The molecule has 4 rings (SSSR count). The van der Waals surface area contributed by atoms with Gasteiger partial charge in [0.2, 0.25) is 0 Å². The number of nitrogens with zero attached hydrogens (tertiary/aromatic N) is 4. The van der Waals surface area contributed by atoms with E-state index in [1.165, 1.54) is 6.21 Å². The Kier molecular flexibility index (Phi) is 4.63. The number of hydrogen-bond donors (Lipinski definition) is 1. The van der Waals surface area contributed by atoms with Gasteiger partial charge >= 0.3 is 0 Å². The van der Waals surface area contributed by atoms with Crippen LogP contribution in [0.25, 0.3) is 16.7 Å². The third-order valence-corrected chi connectivity index (χ3v) is 4.45. The van der Waals surface area contributed by atoms with Crippen molar-refractivity contribution in [3.05, 3.63) is 90.0 Å². The maximum atomic E-state index is 8.70. The van der Waals surface area contributed by atoms with Crippen molar-refractivity contribution in [2.45, 2.75) is 6.10 Å².